The molecule has 1 atom stereocenters. The molecule has 3 heteroatoms. The van der Waals surface area contributed by atoms with E-state index in [9.17, 15) is 4.79 Å². The first-order chi connectivity index (χ1) is 7.20. The summed E-state index contributed by atoms with van der Waals surface area (Å²) in [6.07, 6.45) is 3.62. The number of ether oxygens (including phenoxy) is 2. The van der Waals surface area contributed by atoms with Gasteiger partial charge in [0.25, 0.3) is 0 Å². The summed E-state index contributed by atoms with van der Waals surface area (Å²) in [7, 11) is 0. The molecule has 0 aliphatic carbocycles. The summed E-state index contributed by atoms with van der Waals surface area (Å²) in [5.74, 6) is 0.195. The van der Waals surface area contributed by atoms with Crippen LogP contribution in [0.25, 0.3) is 0 Å². The van der Waals surface area contributed by atoms with E-state index in [0.29, 0.717) is 25.6 Å². The average molecular weight is 216 g/mol. The predicted octanol–water partition coefficient (Wildman–Crippen LogP) is 2.78. The number of esters is 1. The van der Waals surface area contributed by atoms with Gasteiger partial charge in [-0.05, 0) is 12.8 Å². The summed E-state index contributed by atoms with van der Waals surface area (Å²) in [6, 6.07) is 0. The van der Waals surface area contributed by atoms with Gasteiger partial charge in [0, 0.05) is 18.9 Å². The fourth-order valence-electron chi connectivity index (χ4n) is 1.09. The topological polar surface area (TPSA) is 35.5 Å². The lowest BCUT2D eigenvalue weighted by atomic mass is 10.2. The van der Waals surface area contributed by atoms with Crippen LogP contribution >= 0.6 is 0 Å². The van der Waals surface area contributed by atoms with Crippen molar-refractivity contribution in [2.75, 3.05) is 19.8 Å². The molecule has 0 saturated heterocycles. The largest absolute Gasteiger partial charge is 0.465 e. The van der Waals surface area contributed by atoms with Crippen LogP contribution in [0.2, 0.25) is 0 Å². The molecule has 0 spiro atoms. The van der Waals surface area contributed by atoms with Crippen LogP contribution in [-0.4, -0.2) is 25.8 Å². The van der Waals surface area contributed by atoms with Gasteiger partial charge in [-0.25, -0.2) is 0 Å². The van der Waals surface area contributed by atoms with Crippen LogP contribution in [0.5, 0.6) is 0 Å². The van der Waals surface area contributed by atoms with Crippen LogP contribution in [0.4, 0.5) is 0 Å². The lowest BCUT2D eigenvalue weighted by molar-refractivity contribution is -0.145. The highest BCUT2D eigenvalue weighted by atomic mass is 16.5. The molecule has 3 nitrogen and oxygen atoms in total. The van der Waals surface area contributed by atoms with Gasteiger partial charge in [-0.3, -0.25) is 4.79 Å². The van der Waals surface area contributed by atoms with Crippen molar-refractivity contribution in [3.8, 4) is 0 Å². The highest BCUT2D eigenvalue weighted by Gasteiger charge is 2.06. The van der Waals surface area contributed by atoms with Crippen molar-refractivity contribution < 1.29 is 14.3 Å². The van der Waals surface area contributed by atoms with Crippen LogP contribution < -0.4 is 0 Å². The first kappa shape index (κ1) is 14.4. The molecule has 0 heterocycles. The van der Waals surface area contributed by atoms with Gasteiger partial charge in [-0.15, -0.1) is 0 Å². The second kappa shape index (κ2) is 9.97. The monoisotopic (exact) mass is 216 g/mol. The number of hydrogen-bond acceptors (Lipinski definition) is 3. The molecule has 0 fully saturated rings. The number of carbonyl (C=O) groups excluding carboxylic acids is 1. The average Bonchev–Trinajstić information content (AvgIpc) is 2.22. The maximum absolute atomic E-state index is 11.1. The Hall–Kier alpha value is -0.570. The van der Waals surface area contributed by atoms with E-state index in [1.54, 1.807) is 0 Å². The van der Waals surface area contributed by atoms with E-state index in [2.05, 4.69) is 6.92 Å². The maximum atomic E-state index is 11.1. The van der Waals surface area contributed by atoms with Crippen molar-refractivity contribution in [3.05, 3.63) is 0 Å². The fourth-order valence-corrected chi connectivity index (χ4v) is 1.09. The lowest BCUT2D eigenvalue weighted by Gasteiger charge is -2.12. The molecular weight excluding hydrogens is 192 g/mol. The second-order valence-electron chi connectivity index (χ2n) is 3.97. The van der Waals surface area contributed by atoms with Gasteiger partial charge in [0.15, 0.2) is 0 Å². The maximum Gasteiger partial charge on any atom is 0.305 e. The van der Waals surface area contributed by atoms with Gasteiger partial charge in [-0.1, -0.05) is 27.2 Å². The number of unbranched alkanes of at least 4 members (excludes halogenated alkanes) is 1. The Morgan fingerprint density at radius 2 is 1.93 bits per heavy atom. The Morgan fingerprint density at radius 3 is 2.53 bits per heavy atom. The van der Waals surface area contributed by atoms with Gasteiger partial charge in [-0.2, -0.15) is 0 Å². The number of carbonyl (C=O) groups is 1. The molecule has 0 aromatic heterocycles. The molecule has 0 aromatic carbocycles. The molecule has 0 aliphatic rings. The Kier molecular flexibility index (Phi) is 9.59. The third-order valence-corrected chi connectivity index (χ3v) is 2.03. The number of hydrogen-bond donors (Lipinski definition) is 0. The standard InChI is InChI=1S/C12H24O3/c1-4-6-8-14-9-11(3)10-15-12(13)7-5-2/h11H,4-10H2,1-3H3. The first-order valence-corrected chi connectivity index (χ1v) is 5.94. The van der Waals surface area contributed by atoms with Crippen LogP contribution in [0.3, 0.4) is 0 Å². The Labute approximate surface area is 93.1 Å². The van der Waals surface area contributed by atoms with Crippen molar-refractivity contribution in [1.29, 1.82) is 0 Å². The zero-order valence-corrected chi connectivity index (χ0v) is 10.3. The third kappa shape index (κ3) is 9.73. The van der Waals surface area contributed by atoms with E-state index in [1.807, 2.05) is 13.8 Å². The third-order valence-electron chi connectivity index (χ3n) is 2.03. The molecule has 0 radical (unpaired) electrons. The zero-order valence-electron chi connectivity index (χ0n) is 10.3. The minimum Gasteiger partial charge on any atom is -0.465 e. The van der Waals surface area contributed by atoms with E-state index in [-0.39, 0.29) is 5.97 Å². The molecule has 0 aromatic rings. The zero-order chi connectivity index (χ0) is 11.5. The molecule has 0 rings (SSSR count). The van der Waals surface area contributed by atoms with Crippen LogP contribution in [0.15, 0.2) is 0 Å². The molecule has 0 N–H and O–H groups in total. The fraction of sp³-hybridized carbons (Fsp3) is 0.917. The Bertz CT molecular complexity index is 157. The van der Waals surface area contributed by atoms with E-state index in [1.165, 1.54) is 0 Å². The Morgan fingerprint density at radius 1 is 1.20 bits per heavy atom. The summed E-state index contributed by atoms with van der Waals surface area (Å²) in [6.45, 7) is 8.11. The van der Waals surface area contributed by atoms with E-state index in [4.69, 9.17) is 9.47 Å². The molecule has 15 heavy (non-hydrogen) atoms. The van der Waals surface area contributed by atoms with Crippen molar-refractivity contribution in [1.82, 2.24) is 0 Å². The van der Waals surface area contributed by atoms with Gasteiger partial charge < -0.3 is 9.47 Å². The van der Waals surface area contributed by atoms with Crippen molar-refractivity contribution in [2.45, 2.75) is 46.5 Å². The molecule has 0 bridgehead atoms. The quantitative estimate of drug-likeness (QED) is 0.439. The second-order valence-corrected chi connectivity index (χ2v) is 3.97. The highest BCUT2D eigenvalue weighted by molar-refractivity contribution is 5.69. The molecule has 0 saturated carbocycles. The van der Waals surface area contributed by atoms with E-state index >= 15 is 0 Å². The smallest absolute Gasteiger partial charge is 0.305 e. The van der Waals surface area contributed by atoms with Gasteiger partial charge >= 0.3 is 5.97 Å². The van der Waals surface area contributed by atoms with Crippen LogP contribution in [0.1, 0.15) is 46.5 Å². The minimum absolute atomic E-state index is 0.0992. The van der Waals surface area contributed by atoms with E-state index in [0.717, 1.165) is 25.9 Å². The summed E-state index contributed by atoms with van der Waals surface area (Å²) in [5, 5.41) is 0. The summed E-state index contributed by atoms with van der Waals surface area (Å²) >= 11 is 0. The minimum atomic E-state index is -0.0992. The van der Waals surface area contributed by atoms with Gasteiger partial charge in [0.05, 0.1) is 13.2 Å². The summed E-state index contributed by atoms with van der Waals surface area (Å²) in [4.78, 5) is 11.1. The van der Waals surface area contributed by atoms with Crippen molar-refractivity contribution in [3.63, 3.8) is 0 Å². The predicted molar refractivity (Wildman–Crippen MR) is 60.8 cm³/mol. The summed E-state index contributed by atoms with van der Waals surface area (Å²) in [5.41, 5.74) is 0. The highest BCUT2D eigenvalue weighted by Crippen LogP contribution is 2.00. The van der Waals surface area contributed by atoms with Crippen LogP contribution in [-0.2, 0) is 14.3 Å². The molecule has 0 amide bonds. The van der Waals surface area contributed by atoms with Crippen molar-refractivity contribution >= 4 is 5.97 Å². The number of rotatable bonds is 9. The van der Waals surface area contributed by atoms with Gasteiger partial charge in [0.2, 0.25) is 0 Å². The van der Waals surface area contributed by atoms with E-state index < -0.39 is 0 Å². The molecule has 1 unspecified atom stereocenters. The van der Waals surface area contributed by atoms with Crippen molar-refractivity contribution in [2.24, 2.45) is 5.92 Å². The SMILES string of the molecule is CCCCOCC(C)COC(=O)CCC. The van der Waals surface area contributed by atoms with Crippen LogP contribution in [0, 0.1) is 5.92 Å². The first-order valence-electron chi connectivity index (χ1n) is 5.94. The lowest BCUT2D eigenvalue weighted by Crippen LogP contribution is -2.16. The van der Waals surface area contributed by atoms with Gasteiger partial charge in [0.1, 0.15) is 0 Å². The molecular formula is C12H24O3. The normalized spacial score (nSPS) is 12.5. The molecule has 0 aliphatic heterocycles. The molecule has 90 valence electrons. The summed E-state index contributed by atoms with van der Waals surface area (Å²) < 4.78 is 10.5. The Balaban J connectivity index is 3.32.